The highest BCUT2D eigenvalue weighted by molar-refractivity contribution is 6.13. The molecule has 63 heavy (non-hydrogen) atoms. The van der Waals surface area contributed by atoms with E-state index in [9.17, 15) is 0 Å². The van der Waals surface area contributed by atoms with E-state index in [0.29, 0.717) is 0 Å². The van der Waals surface area contributed by atoms with Crippen molar-refractivity contribution < 1.29 is 0 Å². The van der Waals surface area contributed by atoms with E-state index in [-0.39, 0.29) is 0 Å². The van der Waals surface area contributed by atoms with Gasteiger partial charge in [-0.25, -0.2) is 0 Å². The highest BCUT2D eigenvalue weighted by Gasteiger charge is 2.17. The molecule has 2 heterocycles. The van der Waals surface area contributed by atoms with Crippen LogP contribution in [0.15, 0.2) is 243 Å². The molecule has 10 aromatic carbocycles. The maximum Gasteiger partial charge on any atom is 0.0541 e. The van der Waals surface area contributed by atoms with E-state index in [4.69, 9.17) is 0 Å². The Morgan fingerprint density at radius 1 is 0.222 bits per heavy atom. The minimum atomic E-state index is 0.850. The summed E-state index contributed by atoms with van der Waals surface area (Å²) in [6.45, 7) is 0. The number of hydrogen-bond acceptors (Lipinski definition) is 0. The van der Waals surface area contributed by atoms with Crippen molar-refractivity contribution in [3.05, 3.63) is 254 Å². The molecule has 2 nitrogen and oxygen atoms in total. The van der Waals surface area contributed by atoms with Crippen LogP contribution in [-0.4, -0.2) is 9.13 Å². The summed E-state index contributed by atoms with van der Waals surface area (Å²) in [7, 11) is 0. The van der Waals surface area contributed by atoms with Crippen LogP contribution in [0.4, 0.5) is 0 Å². The maximum atomic E-state index is 2.42. The standard InChI is InChI=1S/C61H42N2/c1-5-13-44(14-6-1)48-25-33-58-54(38-48)55-39-49(45-15-7-2-8-16-45)26-34-59(55)62(58)52-29-21-42(22-30-52)37-43-23-31-53(32-24-43)63-60-35-27-50(46-17-9-3-10-18-46)40-56(60)57-41-51(28-36-61(57)63)47-19-11-4-12-20-47/h1-36,38-41H,37H2. The van der Waals surface area contributed by atoms with Crippen LogP contribution in [0.5, 0.6) is 0 Å². The number of aromatic nitrogens is 2. The van der Waals surface area contributed by atoms with Crippen molar-refractivity contribution in [1.82, 2.24) is 9.13 Å². The number of rotatable bonds is 8. The molecule has 0 saturated carbocycles. The molecule has 2 heteroatoms. The van der Waals surface area contributed by atoms with E-state index >= 15 is 0 Å². The fraction of sp³-hybridized carbons (Fsp3) is 0.0164. The summed E-state index contributed by atoms with van der Waals surface area (Å²) in [5, 5.41) is 5.02. The molecule has 0 aliphatic rings. The molecular weight excluding hydrogens is 761 g/mol. The molecule has 0 radical (unpaired) electrons. The summed E-state index contributed by atoms with van der Waals surface area (Å²) < 4.78 is 4.84. The van der Waals surface area contributed by atoms with Crippen LogP contribution >= 0.6 is 0 Å². The lowest BCUT2D eigenvalue weighted by Gasteiger charge is -2.11. The SMILES string of the molecule is c1ccc(-c2ccc3c(c2)c2cc(-c4ccccc4)ccc2n3-c2ccc(Cc3ccc(-n4c5ccc(-c6ccccc6)cc5c5cc(-c6ccccc6)ccc54)cc3)cc2)cc1. The predicted molar refractivity (Wildman–Crippen MR) is 266 cm³/mol. The van der Waals surface area contributed by atoms with Gasteiger partial charge in [0.2, 0.25) is 0 Å². The van der Waals surface area contributed by atoms with Gasteiger partial charge in [0.1, 0.15) is 0 Å². The van der Waals surface area contributed by atoms with Crippen molar-refractivity contribution in [3.8, 4) is 55.9 Å². The molecule has 0 aliphatic heterocycles. The third-order valence-corrected chi connectivity index (χ3v) is 12.8. The monoisotopic (exact) mass is 802 g/mol. The van der Waals surface area contributed by atoms with Crippen LogP contribution in [0, 0.1) is 0 Å². The zero-order valence-electron chi connectivity index (χ0n) is 34.7. The zero-order chi connectivity index (χ0) is 41.7. The molecule has 0 bridgehead atoms. The van der Waals surface area contributed by atoms with Crippen LogP contribution in [0.2, 0.25) is 0 Å². The Morgan fingerprint density at radius 3 is 0.730 bits per heavy atom. The Hall–Kier alpha value is -8.20. The fourth-order valence-electron chi connectivity index (χ4n) is 9.61. The van der Waals surface area contributed by atoms with E-state index in [1.165, 1.54) is 99.2 Å². The smallest absolute Gasteiger partial charge is 0.0541 e. The first kappa shape index (κ1) is 36.6. The van der Waals surface area contributed by atoms with Gasteiger partial charge >= 0.3 is 0 Å². The average Bonchev–Trinajstić information content (AvgIpc) is 3.87. The van der Waals surface area contributed by atoms with Crippen LogP contribution in [-0.2, 0) is 6.42 Å². The van der Waals surface area contributed by atoms with Gasteiger partial charge in [0.25, 0.3) is 0 Å². The van der Waals surface area contributed by atoms with Gasteiger partial charge in [-0.3, -0.25) is 0 Å². The normalized spacial score (nSPS) is 11.6. The molecule has 0 saturated heterocycles. The highest BCUT2D eigenvalue weighted by atomic mass is 15.0. The lowest BCUT2D eigenvalue weighted by molar-refractivity contribution is 1.13. The van der Waals surface area contributed by atoms with Gasteiger partial charge in [-0.15, -0.1) is 0 Å². The van der Waals surface area contributed by atoms with E-state index in [0.717, 1.165) is 17.8 Å². The lowest BCUT2D eigenvalue weighted by Crippen LogP contribution is -1.96. The predicted octanol–water partition coefficient (Wildman–Crippen LogP) is 16.1. The summed E-state index contributed by atoms with van der Waals surface area (Å²) in [6, 6.07) is 88.6. The van der Waals surface area contributed by atoms with Crippen LogP contribution < -0.4 is 0 Å². The molecular formula is C61H42N2. The molecule has 0 aliphatic carbocycles. The average molecular weight is 803 g/mol. The van der Waals surface area contributed by atoms with Crippen LogP contribution in [0.1, 0.15) is 11.1 Å². The Bertz CT molecular complexity index is 3150. The summed E-state index contributed by atoms with van der Waals surface area (Å²) in [6.07, 6.45) is 0.850. The van der Waals surface area contributed by atoms with E-state index in [2.05, 4.69) is 252 Å². The third-order valence-electron chi connectivity index (χ3n) is 12.8. The largest absolute Gasteiger partial charge is 0.309 e. The van der Waals surface area contributed by atoms with Crippen molar-refractivity contribution in [2.45, 2.75) is 6.42 Å². The Kier molecular flexibility index (Phi) is 8.93. The van der Waals surface area contributed by atoms with Gasteiger partial charge in [-0.1, -0.05) is 170 Å². The topological polar surface area (TPSA) is 9.86 Å². The quantitative estimate of drug-likeness (QED) is 0.145. The molecule has 296 valence electrons. The van der Waals surface area contributed by atoms with Crippen LogP contribution in [0.3, 0.4) is 0 Å². The lowest BCUT2D eigenvalue weighted by atomic mass is 10.0. The number of fused-ring (bicyclic) bond motifs is 6. The van der Waals surface area contributed by atoms with E-state index in [1.54, 1.807) is 0 Å². The minimum Gasteiger partial charge on any atom is -0.309 e. The second kappa shape index (κ2) is 15.4. The number of benzene rings is 10. The van der Waals surface area contributed by atoms with Crippen LogP contribution in [0.25, 0.3) is 99.5 Å². The zero-order valence-corrected chi connectivity index (χ0v) is 34.7. The van der Waals surface area contributed by atoms with E-state index < -0.39 is 0 Å². The number of nitrogens with zero attached hydrogens (tertiary/aromatic N) is 2. The second-order valence-electron chi connectivity index (χ2n) is 16.6. The summed E-state index contributed by atoms with van der Waals surface area (Å²) in [5.74, 6) is 0. The Morgan fingerprint density at radius 2 is 0.476 bits per heavy atom. The van der Waals surface area contributed by atoms with Gasteiger partial charge in [0.15, 0.2) is 0 Å². The molecule has 0 spiro atoms. The minimum absolute atomic E-state index is 0.850. The molecule has 2 aromatic heterocycles. The van der Waals surface area contributed by atoms with Crippen molar-refractivity contribution in [2.75, 3.05) is 0 Å². The van der Waals surface area contributed by atoms with Crippen molar-refractivity contribution in [2.24, 2.45) is 0 Å². The molecule has 0 amide bonds. The molecule has 0 atom stereocenters. The fourth-order valence-corrected chi connectivity index (χ4v) is 9.61. The first-order chi connectivity index (χ1) is 31.2. The van der Waals surface area contributed by atoms with Gasteiger partial charge in [0, 0.05) is 32.9 Å². The number of hydrogen-bond donors (Lipinski definition) is 0. The highest BCUT2D eigenvalue weighted by Crippen LogP contribution is 2.39. The molecule has 12 rings (SSSR count). The second-order valence-corrected chi connectivity index (χ2v) is 16.6. The Labute approximate surface area is 367 Å². The molecule has 0 fully saturated rings. The van der Waals surface area contributed by atoms with Gasteiger partial charge in [-0.2, -0.15) is 0 Å². The van der Waals surface area contributed by atoms with E-state index in [1.807, 2.05) is 0 Å². The summed E-state index contributed by atoms with van der Waals surface area (Å²) >= 11 is 0. The van der Waals surface area contributed by atoms with Gasteiger partial charge in [-0.05, 0) is 135 Å². The van der Waals surface area contributed by atoms with Gasteiger partial charge in [0.05, 0.1) is 22.1 Å². The summed E-state index contributed by atoms with van der Waals surface area (Å²) in [4.78, 5) is 0. The molecule has 12 aromatic rings. The molecule has 0 N–H and O–H groups in total. The van der Waals surface area contributed by atoms with Crippen molar-refractivity contribution >= 4 is 43.6 Å². The summed E-state index contributed by atoms with van der Waals surface area (Å²) in [5.41, 5.74) is 19.5. The first-order valence-electron chi connectivity index (χ1n) is 21.8. The maximum absolute atomic E-state index is 2.42. The van der Waals surface area contributed by atoms with Crippen molar-refractivity contribution in [1.29, 1.82) is 0 Å². The van der Waals surface area contributed by atoms with Crippen molar-refractivity contribution in [3.63, 3.8) is 0 Å². The third kappa shape index (κ3) is 6.61. The Balaban J connectivity index is 0.883. The molecule has 0 unspecified atom stereocenters. The first-order valence-corrected chi connectivity index (χ1v) is 21.8. The van der Waals surface area contributed by atoms with Gasteiger partial charge < -0.3 is 9.13 Å².